The molecule has 0 saturated heterocycles. The second-order valence-corrected chi connectivity index (χ2v) is 6.89. The molecule has 1 atom stereocenters. The van der Waals surface area contributed by atoms with Crippen molar-refractivity contribution in [3.05, 3.63) is 63.1 Å². The van der Waals surface area contributed by atoms with Gasteiger partial charge in [-0.15, -0.1) is 0 Å². The normalized spacial score (nSPS) is 13.2. The van der Waals surface area contributed by atoms with E-state index in [4.69, 9.17) is 45.9 Å². The number of halogens is 3. The Morgan fingerprint density at radius 3 is 2.25 bits per heavy atom. The molecule has 7 heteroatoms. The fraction of sp³-hybridized carbons (Fsp3) is 0.176. The largest absolute Gasteiger partial charge is 0.374 e. The zero-order valence-electron chi connectivity index (χ0n) is 12.9. The van der Waals surface area contributed by atoms with Crippen LogP contribution in [-0.2, 0) is 10.3 Å². The van der Waals surface area contributed by atoms with Crippen molar-refractivity contribution in [3.63, 3.8) is 0 Å². The van der Waals surface area contributed by atoms with Crippen molar-refractivity contribution in [1.82, 2.24) is 0 Å². The van der Waals surface area contributed by atoms with Gasteiger partial charge in [0.2, 0.25) is 0 Å². The predicted molar refractivity (Wildman–Crippen MR) is 100 cm³/mol. The average molecular weight is 385 g/mol. The average Bonchev–Trinajstić information content (AvgIpc) is 2.50. The Bertz CT molecular complexity index is 777. The van der Waals surface area contributed by atoms with Gasteiger partial charge in [-0.1, -0.05) is 46.9 Å². The van der Waals surface area contributed by atoms with Gasteiger partial charge < -0.3 is 11.1 Å². The van der Waals surface area contributed by atoms with E-state index in [9.17, 15) is 4.79 Å². The smallest absolute Gasteiger partial charge is 0.262 e. The Kier molecular flexibility index (Phi) is 5.75. The van der Waals surface area contributed by atoms with E-state index in [1.54, 1.807) is 30.3 Å². The number of carbonyl (C=O) groups is 1. The molecule has 0 saturated carbocycles. The first-order valence-electron chi connectivity index (χ1n) is 7.08. The molecule has 1 amide bonds. The standard InChI is InChI=1S/C17H16Cl3N3O/c1-17(9-14(21)16(22)24,10-2-4-11(18)5-3-10)23-15-7-6-12(19)8-13(15)20/h2-8,21,23H,9H2,1H3,(H2,22,24). The molecule has 0 aliphatic carbocycles. The molecule has 0 aromatic heterocycles. The van der Waals surface area contributed by atoms with Crippen LogP contribution in [0.5, 0.6) is 0 Å². The molecular weight excluding hydrogens is 369 g/mol. The summed E-state index contributed by atoms with van der Waals surface area (Å²) in [5.74, 6) is -0.765. The lowest BCUT2D eigenvalue weighted by molar-refractivity contribution is -0.112. The molecule has 4 N–H and O–H groups in total. The van der Waals surface area contributed by atoms with Gasteiger partial charge in [0, 0.05) is 16.5 Å². The number of benzene rings is 2. The highest BCUT2D eigenvalue weighted by Gasteiger charge is 2.30. The molecule has 0 radical (unpaired) electrons. The molecule has 2 rings (SSSR count). The Hall–Kier alpha value is -1.75. The number of anilines is 1. The molecule has 24 heavy (non-hydrogen) atoms. The van der Waals surface area contributed by atoms with Gasteiger partial charge in [0.25, 0.3) is 5.91 Å². The maximum atomic E-state index is 11.3. The van der Waals surface area contributed by atoms with Crippen molar-refractivity contribution >= 4 is 52.1 Å². The van der Waals surface area contributed by atoms with Crippen LogP contribution in [0.4, 0.5) is 5.69 Å². The van der Waals surface area contributed by atoms with Gasteiger partial charge in [0.1, 0.15) is 0 Å². The Balaban J connectivity index is 2.43. The SMILES string of the molecule is CC(CC(=N)C(N)=O)(Nc1ccc(Cl)cc1Cl)c1ccc(Cl)cc1. The molecule has 0 fully saturated rings. The van der Waals surface area contributed by atoms with E-state index in [1.165, 1.54) is 0 Å². The van der Waals surface area contributed by atoms with E-state index in [0.29, 0.717) is 20.8 Å². The van der Waals surface area contributed by atoms with Crippen molar-refractivity contribution < 1.29 is 4.79 Å². The zero-order valence-corrected chi connectivity index (χ0v) is 15.1. The van der Waals surface area contributed by atoms with Crippen LogP contribution in [0.2, 0.25) is 15.1 Å². The number of nitrogens with one attached hydrogen (secondary N) is 2. The Morgan fingerprint density at radius 1 is 1.12 bits per heavy atom. The van der Waals surface area contributed by atoms with Crippen molar-refractivity contribution in [1.29, 1.82) is 5.41 Å². The molecule has 0 heterocycles. The van der Waals surface area contributed by atoms with Gasteiger partial charge in [-0.25, -0.2) is 0 Å². The van der Waals surface area contributed by atoms with Crippen LogP contribution < -0.4 is 11.1 Å². The number of amides is 1. The first-order valence-corrected chi connectivity index (χ1v) is 8.21. The van der Waals surface area contributed by atoms with E-state index in [-0.39, 0.29) is 12.1 Å². The third-order valence-electron chi connectivity index (χ3n) is 3.65. The number of primary amides is 1. The predicted octanol–water partition coefficient (Wildman–Crippen LogP) is 4.87. The highest BCUT2D eigenvalue weighted by molar-refractivity contribution is 6.37. The summed E-state index contributed by atoms with van der Waals surface area (Å²) < 4.78 is 0. The van der Waals surface area contributed by atoms with Crippen LogP contribution in [0.1, 0.15) is 18.9 Å². The molecule has 0 spiro atoms. The second kappa shape index (κ2) is 7.43. The Labute approximate surface area is 155 Å². The summed E-state index contributed by atoms with van der Waals surface area (Å²) in [6.07, 6.45) is 0.0862. The van der Waals surface area contributed by atoms with Crippen LogP contribution in [-0.4, -0.2) is 11.6 Å². The molecule has 0 aliphatic rings. The van der Waals surface area contributed by atoms with E-state index in [1.807, 2.05) is 19.1 Å². The number of hydrogen-bond acceptors (Lipinski definition) is 3. The molecule has 0 aliphatic heterocycles. The van der Waals surface area contributed by atoms with E-state index >= 15 is 0 Å². The van der Waals surface area contributed by atoms with Crippen LogP contribution in [0.3, 0.4) is 0 Å². The summed E-state index contributed by atoms with van der Waals surface area (Å²) in [5, 5.41) is 12.7. The minimum atomic E-state index is -0.784. The van der Waals surface area contributed by atoms with E-state index in [2.05, 4.69) is 5.32 Å². The van der Waals surface area contributed by atoms with Crippen LogP contribution >= 0.6 is 34.8 Å². The van der Waals surface area contributed by atoms with Gasteiger partial charge in [-0.2, -0.15) is 0 Å². The minimum Gasteiger partial charge on any atom is -0.374 e. The van der Waals surface area contributed by atoms with E-state index in [0.717, 1.165) is 5.56 Å². The number of nitrogens with two attached hydrogens (primary N) is 1. The summed E-state index contributed by atoms with van der Waals surface area (Å²) in [7, 11) is 0. The lowest BCUT2D eigenvalue weighted by Gasteiger charge is -2.33. The maximum Gasteiger partial charge on any atom is 0.262 e. The van der Waals surface area contributed by atoms with Crippen LogP contribution in [0.15, 0.2) is 42.5 Å². The first-order chi connectivity index (χ1) is 11.2. The number of rotatable bonds is 6. The second-order valence-electron chi connectivity index (χ2n) is 5.61. The highest BCUT2D eigenvalue weighted by atomic mass is 35.5. The molecule has 2 aromatic rings. The van der Waals surface area contributed by atoms with Crippen molar-refractivity contribution in [3.8, 4) is 0 Å². The zero-order chi connectivity index (χ0) is 17.9. The fourth-order valence-electron chi connectivity index (χ4n) is 2.36. The van der Waals surface area contributed by atoms with Crippen molar-refractivity contribution in [2.75, 3.05) is 5.32 Å². The maximum absolute atomic E-state index is 11.3. The highest BCUT2D eigenvalue weighted by Crippen LogP contribution is 2.34. The summed E-state index contributed by atoms with van der Waals surface area (Å²) in [5.41, 5.74) is 5.73. The van der Waals surface area contributed by atoms with Gasteiger partial charge in [0.05, 0.1) is 22.0 Å². The van der Waals surface area contributed by atoms with Crippen LogP contribution in [0.25, 0.3) is 0 Å². The van der Waals surface area contributed by atoms with Gasteiger partial charge >= 0.3 is 0 Å². The third kappa shape index (κ3) is 4.41. The lowest BCUT2D eigenvalue weighted by Crippen LogP contribution is -2.38. The van der Waals surface area contributed by atoms with Crippen molar-refractivity contribution in [2.45, 2.75) is 18.9 Å². The molecule has 2 aromatic carbocycles. The van der Waals surface area contributed by atoms with E-state index < -0.39 is 11.4 Å². The monoisotopic (exact) mass is 383 g/mol. The van der Waals surface area contributed by atoms with Gasteiger partial charge in [-0.05, 0) is 42.8 Å². The molecular formula is C17H16Cl3N3O. The quantitative estimate of drug-likeness (QED) is 0.621. The summed E-state index contributed by atoms with van der Waals surface area (Å²) in [6, 6.07) is 12.2. The number of carbonyl (C=O) groups excluding carboxylic acids is 1. The lowest BCUT2D eigenvalue weighted by atomic mass is 9.86. The van der Waals surface area contributed by atoms with Gasteiger partial charge in [0.15, 0.2) is 0 Å². The minimum absolute atomic E-state index is 0.0862. The van der Waals surface area contributed by atoms with Crippen molar-refractivity contribution in [2.24, 2.45) is 5.73 Å². The Morgan fingerprint density at radius 2 is 1.71 bits per heavy atom. The topological polar surface area (TPSA) is 79.0 Å². The third-order valence-corrected chi connectivity index (χ3v) is 4.45. The van der Waals surface area contributed by atoms with Gasteiger partial charge in [-0.3, -0.25) is 10.2 Å². The summed E-state index contributed by atoms with van der Waals surface area (Å²) in [4.78, 5) is 11.3. The molecule has 1 unspecified atom stereocenters. The molecule has 126 valence electrons. The first kappa shape index (κ1) is 18.6. The fourth-order valence-corrected chi connectivity index (χ4v) is 2.95. The summed E-state index contributed by atoms with van der Waals surface area (Å²) >= 11 is 18.1. The molecule has 4 nitrogen and oxygen atoms in total. The summed E-state index contributed by atoms with van der Waals surface area (Å²) in [6.45, 7) is 1.86. The molecule has 0 bridgehead atoms. The van der Waals surface area contributed by atoms with Crippen LogP contribution in [0, 0.1) is 5.41 Å². The number of hydrogen-bond donors (Lipinski definition) is 3.